The Balaban J connectivity index is 3.27. The molecule has 0 aromatic heterocycles. The monoisotopic (exact) mass is 160 g/mol. The van der Waals surface area contributed by atoms with Gasteiger partial charge in [0, 0.05) is 19.3 Å². The summed E-state index contributed by atoms with van der Waals surface area (Å²) in [4.78, 5) is 24.4. The van der Waals surface area contributed by atoms with Gasteiger partial charge in [-0.25, -0.2) is 4.79 Å². The van der Waals surface area contributed by atoms with Crippen molar-refractivity contribution >= 4 is 11.8 Å². The number of hydrogen-bond donors (Lipinski definition) is 1. The van der Waals surface area contributed by atoms with Crippen LogP contribution in [-0.2, 0) is 14.5 Å². The second kappa shape index (κ2) is 5.85. The Morgan fingerprint density at radius 2 is 2.00 bits per heavy atom. The van der Waals surface area contributed by atoms with Crippen LogP contribution in [0.25, 0.3) is 0 Å². The Morgan fingerprint density at radius 1 is 1.36 bits per heavy atom. The van der Waals surface area contributed by atoms with Crippen molar-refractivity contribution in [2.75, 3.05) is 0 Å². The lowest BCUT2D eigenvalue weighted by Crippen LogP contribution is -2.02. The van der Waals surface area contributed by atoms with Crippen molar-refractivity contribution in [1.29, 1.82) is 0 Å². The quantitative estimate of drug-likeness (QED) is 0.484. The van der Waals surface area contributed by atoms with E-state index in [2.05, 4.69) is 4.89 Å². The molecule has 64 valence electrons. The maximum absolute atomic E-state index is 10.7. The van der Waals surface area contributed by atoms with Gasteiger partial charge in [-0.05, 0) is 6.42 Å². The standard InChI is InChI=1S/C7H12O4/c1-2-6(8)4-3-5-7(9)11-10/h10H,2-5H2,1H3. The molecular formula is C7H12O4. The molecule has 0 aliphatic rings. The summed E-state index contributed by atoms with van der Waals surface area (Å²) in [5.74, 6) is -0.565. The van der Waals surface area contributed by atoms with E-state index in [1.165, 1.54) is 0 Å². The number of carbonyl (C=O) groups is 2. The van der Waals surface area contributed by atoms with Gasteiger partial charge < -0.3 is 4.89 Å². The minimum absolute atomic E-state index is 0.0994. The third-order valence-corrected chi connectivity index (χ3v) is 1.33. The van der Waals surface area contributed by atoms with Crippen LogP contribution in [0.5, 0.6) is 0 Å². The summed E-state index contributed by atoms with van der Waals surface area (Å²) in [6, 6.07) is 0. The molecule has 0 unspecified atom stereocenters. The lowest BCUT2D eigenvalue weighted by atomic mass is 10.1. The summed E-state index contributed by atoms with van der Waals surface area (Å²) < 4.78 is 0. The van der Waals surface area contributed by atoms with Crippen molar-refractivity contribution in [3.63, 3.8) is 0 Å². The van der Waals surface area contributed by atoms with Gasteiger partial charge in [0.15, 0.2) is 0 Å². The van der Waals surface area contributed by atoms with Crippen molar-refractivity contribution in [2.24, 2.45) is 0 Å². The molecule has 0 aliphatic carbocycles. The zero-order valence-corrected chi connectivity index (χ0v) is 6.50. The van der Waals surface area contributed by atoms with E-state index in [4.69, 9.17) is 5.26 Å². The maximum atomic E-state index is 10.7. The lowest BCUT2D eigenvalue weighted by Gasteiger charge is -1.95. The molecule has 0 spiro atoms. The van der Waals surface area contributed by atoms with E-state index in [-0.39, 0.29) is 12.2 Å². The number of ketones is 1. The Bertz CT molecular complexity index is 125. The number of carbonyl (C=O) groups excluding carboxylic acids is 2. The van der Waals surface area contributed by atoms with Crippen LogP contribution >= 0.6 is 0 Å². The minimum atomic E-state index is -0.686. The lowest BCUT2D eigenvalue weighted by molar-refractivity contribution is -0.234. The summed E-state index contributed by atoms with van der Waals surface area (Å²) in [7, 11) is 0. The highest BCUT2D eigenvalue weighted by atomic mass is 17.1. The van der Waals surface area contributed by atoms with E-state index in [0.29, 0.717) is 19.3 Å². The first-order chi connectivity index (χ1) is 5.20. The fourth-order valence-electron chi connectivity index (χ4n) is 0.652. The average molecular weight is 160 g/mol. The van der Waals surface area contributed by atoms with Crippen molar-refractivity contribution in [1.82, 2.24) is 0 Å². The summed E-state index contributed by atoms with van der Waals surface area (Å²) >= 11 is 0. The summed E-state index contributed by atoms with van der Waals surface area (Å²) in [6.45, 7) is 1.77. The highest BCUT2D eigenvalue weighted by molar-refractivity contribution is 5.78. The Hall–Kier alpha value is -0.900. The molecule has 0 radical (unpaired) electrons. The van der Waals surface area contributed by atoms with Gasteiger partial charge >= 0.3 is 5.97 Å². The van der Waals surface area contributed by atoms with E-state index >= 15 is 0 Å². The van der Waals surface area contributed by atoms with Gasteiger partial charge in [-0.15, -0.1) is 0 Å². The Morgan fingerprint density at radius 3 is 2.45 bits per heavy atom. The Labute approximate surface area is 65.1 Å². The van der Waals surface area contributed by atoms with Crippen LogP contribution in [0.2, 0.25) is 0 Å². The topological polar surface area (TPSA) is 63.6 Å². The van der Waals surface area contributed by atoms with E-state index in [9.17, 15) is 9.59 Å². The zero-order valence-electron chi connectivity index (χ0n) is 6.50. The first kappa shape index (κ1) is 10.1. The fraction of sp³-hybridized carbons (Fsp3) is 0.714. The van der Waals surface area contributed by atoms with E-state index < -0.39 is 5.97 Å². The fourth-order valence-corrected chi connectivity index (χ4v) is 0.652. The van der Waals surface area contributed by atoms with Crippen molar-refractivity contribution in [2.45, 2.75) is 32.6 Å². The van der Waals surface area contributed by atoms with Gasteiger partial charge in [0.25, 0.3) is 0 Å². The smallest absolute Gasteiger partial charge is 0.301 e. The molecule has 0 bridgehead atoms. The normalized spacial score (nSPS) is 9.27. The molecule has 0 saturated carbocycles. The van der Waals surface area contributed by atoms with Gasteiger partial charge in [0.1, 0.15) is 5.78 Å². The maximum Gasteiger partial charge on any atom is 0.342 e. The predicted octanol–water partition coefficient (Wildman–Crippen LogP) is 1.15. The van der Waals surface area contributed by atoms with Crippen molar-refractivity contribution in [3.05, 3.63) is 0 Å². The summed E-state index contributed by atoms with van der Waals surface area (Å²) in [5, 5.41) is 7.82. The second-order valence-corrected chi connectivity index (χ2v) is 2.21. The van der Waals surface area contributed by atoms with Crippen LogP contribution < -0.4 is 0 Å². The third kappa shape index (κ3) is 5.54. The molecule has 0 atom stereocenters. The summed E-state index contributed by atoms with van der Waals surface area (Å²) in [6.07, 6.45) is 1.42. The van der Waals surface area contributed by atoms with Gasteiger partial charge in [-0.3, -0.25) is 4.79 Å². The predicted molar refractivity (Wildman–Crippen MR) is 37.9 cm³/mol. The molecule has 0 aromatic carbocycles. The molecule has 0 rings (SSSR count). The summed E-state index contributed by atoms with van der Waals surface area (Å²) in [5.41, 5.74) is 0. The number of hydrogen-bond acceptors (Lipinski definition) is 4. The SMILES string of the molecule is CCC(=O)CCCC(=O)OO. The van der Waals surface area contributed by atoms with Crippen LogP contribution in [0.1, 0.15) is 32.6 Å². The molecule has 4 nitrogen and oxygen atoms in total. The van der Waals surface area contributed by atoms with Crippen LogP contribution in [0.4, 0.5) is 0 Å². The molecule has 0 heterocycles. The first-order valence-electron chi connectivity index (χ1n) is 3.56. The molecule has 4 heteroatoms. The highest BCUT2D eigenvalue weighted by Crippen LogP contribution is 1.99. The molecule has 0 aromatic rings. The molecule has 11 heavy (non-hydrogen) atoms. The average Bonchev–Trinajstić information content (AvgIpc) is 2.04. The van der Waals surface area contributed by atoms with Gasteiger partial charge in [-0.2, -0.15) is 5.26 Å². The first-order valence-corrected chi connectivity index (χ1v) is 3.56. The molecule has 0 aliphatic heterocycles. The largest absolute Gasteiger partial charge is 0.342 e. The number of rotatable bonds is 5. The third-order valence-electron chi connectivity index (χ3n) is 1.33. The highest BCUT2D eigenvalue weighted by Gasteiger charge is 2.03. The van der Waals surface area contributed by atoms with Crippen LogP contribution in [-0.4, -0.2) is 17.0 Å². The van der Waals surface area contributed by atoms with Gasteiger partial charge in [-0.1, -0.05) is 6.92 Å². The molecular weight excluding hydrogens is 148 g/mol. The second-order valence-electron chi connectivity index (χ2n) is 2.21. The molecule has 1 N–H and O–H groups in total. The van der Waals surface area contributed by atoms with Crippen LogP contribution in [0, 0.1) is 0 Å². The molecule has 0 fully saturated rings. The van der Waals surface area contributed by atoms with E-state index in [1.54, 1.807) is 6.92 Å². The molecule has 0 amide bonds. The van der Waals surface area contributed by atoms with Crippen LogP contribution in [0.15, 0.2) is 0 Å². The van der Waals surface area contributed by atoms with Crippen LogP contribution in [0.3, 0.4) is 0 Å². The zero-order chi connectivity index (χ0) is 8.69. The van der Waals surface area contributed by atoms with E-state index in [1.807, 2.05) is 0 Å². The van der Waals surface area contributed by atoms with Gasteiger partial charge in [0.2, 0.25) is 0 Å². The minimum Gasteiger partial charge on any atom is -0.301 e. The molecule has 0 saturated heterocycles. The van der Waals surface area contributed by atoms with E-state index in [0.717, 1.165) is 0 Å². The number of Topliss-reactive ketones (excluding diaryl/α,β-unsaturated/α-hetero) is 1. The van der Waals surface area contributed by atoms with Crippen molar-refractivity contribution in [3.8, 4) is 0 Å². The Kier molecular flexibility index (Phi) is 5.37. The van der Waals surface area contributed by atoms with Crippen molar-refractivity contribution < 1.29 is 19.7 Å². The van der Waals surface area contributed by atoms with Gasteiger partial charge in [0.05, 0.1) is 0 Å².